The fourth-order valence-electron chi connectivity index (χ4n) is 2.77. The maximum absolute atomic E-state index is 7.36. The molecule has 0 spiro atoms. The van der Waals surface area contributed by atoms with Crippen molar-refractivity contribution in [1.29, 1.82) is 0 Å². The first-order valence-electron chi connectivity index (χ1n) is 7.09. The van der Waals surface area contributed by atoms with Crippen molar-refractivity contribution in [3.63, 3.8) is 0 Å². The largest absolute Gasteiger partial charge is 0.248 e. The van der Waals surface area contributed by atoms with Crippen molar-refractivity contribution in [3.8, 4) is 0 Å². The van der Waals surface area contributed by atoms with Crippen molar-refractivity contribution in [2.75, 3.05) is 0 Å². The third kappa shape index (κ3) is 2.55. The maximum atomic E-state index is 7.36. The molecule has 3 aromatic rings. The Labute approximate surface area is 131 Å². The fraction of sp³-hybridized carbons (Fsp3) is 0.0526. The van der Waals surface area contributed by atoms with Gasteiger partial charge in [0.05, 0.1) is 0 Å². The molecule has 3 rings (SSSR count). The summed E-state index contributed by atoms with van der Waals surface area (Å²) >= 11 is 7.36. The molecule has 0 amide bonds. The molecule has 0 aromatic heterocycles. The van der Waals surface area contributed by atoms with Gasteiger partial charge in [-0.15, -0.1) is 11.1 Å². The molecule has 0 saturated heterocycles. The summed E-state index contributed by atoms with van der Waals surface area (Å²) in [6, 6.07) is 29.4. The van der Waals surface area contributed by atoms with Crippen LogP contribution >= 0.6 is 11.1 Å². The van der Waals surface area contributed by atoms with Crippen LogP contribution in [0.1, 0.15) is 5.56 Å². The van der Waals surface area contributed by atoms with Gasteiger partial charge in [-0.2, -0.15) is 0 Å². The second kappa shape index (κ2) is 5.88. The van der Waals surface area contributed by atoms with Crippen LogP contribution in [0.5, 0.6) is 0 Å². The Balaban J connectivity index is 2.29. The van der Waals surface area contributed by atoms with Crippen molar-refractivity contribution in [1.82, 2.24) is 0 Å². The van der Waals surface area contributed by atoms with E-state index in [0.29, 0.717) is 0 Å². The quantitative estimate of drug-likeness (QED) is 0.396. The summed E-state index contributed by atoms with van der Waals surface area (Å²) in [4.78, 5) is 0. The molecular weight excluding hydrogens is 292 g/mol. The molecule has 0 N–H and O–H groups in total. The van der Waals surface area contributed by atoms with Crippen LogP contribution in [0.4, 0.5) is 0 Å². The molecule has 0 bridgehead atoms. The minimum absolute atomic E-state index is 1.23. The minimum atomic E-state index is -2.45. The first-order valence-corrected chi connectivity index (χ1v) is 10.1. The lowest BCUT2D eigenvalue weighted by atomic mass is 10.2. The summed E-state index contributed by atoms with van der Waals surface area (Å²) < 4.78 is 0. The summed E-state index contributed by atoms with van der Waals surface area (Å²) in [5.41, 5.74) is 1.26. The van der Waals surface area contributed by atoms with E-state index in [9.17, 15) is 0 Å². The fourth-order valence-corrected chi connectivity index (χ4v) is 7.38. The summed E-state index contributed by atoms with van der Waals surface area (Å²) in [5, 5.41) is 3.73. The van der Waals surface area contributed by atoms with Gasteiger partial charge < -0.3 is 0 Å². The molecule has 0 radical (unpaired) electrons. The van der Waals surface area contributed by atoms with E-state index in [4.69, 9.17) is 11.1 Å². The van der Waals surface area contributed by atoms with Crippen LogP contribution < -0.4 is 15.6 Å². The van der Waals surface area contributed by atoms with Crippen LogP contribution in [0.15, 0.2) is 84.9 Å². The van der Waals surface area contributed by atoms with Gasteiger partial charge in [0.2, 0.25) is 7.38 Å². The van der Waals surface area contributed by atoms with Crippen LogP contribution in [0.2, 0.25) is 0 Å². The van der Waals surface area contributed by atoms with Crippen molar-refractivity contribution < 1.29 is 0 Å². The zero-order chi connectivity index (χ0) is 14.7. The third-order valence-corrected chi connectivity index (χ3v) is 9.34. The number of halogens is 1. The summed E-state index contributed by atoms with van der Waals surface area (Å²) in [6.07, 6.45) is 0. The van der Waals surface area contributed by atoms with Gasteiger partial charge in [0.25, 0.3) is 0 Å². The Hall–Kier alpha value is -1.83. The van der Waals surface area contributed by atoms with E-state index in [-0.39, 0.29) is 0 Å². The Kier molecular flexibility index (Phi) is 3.96. The van der Waals surface area contributed by atoms with Crippen molar-refractivity contribution in [2.45, 2.75) is 6.92 Å². The van der Waals surface area contributed by atoms with E-state index in [0.717, 1.165) is 0 Å². The maximum Gasteiger partial charge on any atom is 0.248 e. The summed E-state index contributed by atoms with van der Waals surface area (Å²) in [6.45, 7) is 2.14. The molecule has 0 fully saturated rings. The van der Waals surface area contributed by atoms with Crippen molar-refractivity contribution >= 4 is 34.0 Å². The molecule has 0 aliphatic carbocycles. The van der Waals surface area contributed by atoms with Crippen LogP contribution in [-0.4, -0.2) is 7.38 Å². The van der Waals surface area contributed by atoms with E-state index in [1.165, 1.54) is 21.1 Å². The SMILES string of the molecule is Cc1ccccc1[Si](Cl)(c1ccccc1)c1ccccc1. The number of aryl methyl sites for hydroxylation is 1. The van der Waals surface area contributed by atoms with Crippen molar-refractivity contribution in [3.05, 3.63) is 90.5 Å². The van der Waals surface area contributed by atoms with Gasteiger partial charge in [-0.25, -0.2) is 0 Å². The van der Waals surface area contributed by atoms with Crippen LogP contribution in [0.25, 0.3) is 0 Å². The predicted octanol–water partition coefficient (Wildman–Crippen LogP) is 3.20. The van der Waals surface area contributed by atoms with Gasteiger partial charge in [0, 0.05) is 0 Å². The smallest absolute Gasteiger partial charge is 0.149 e. The molecule has 0 aliphatic heterocycles. The Morgan fingerprint density at radius 3 is 1.52 bits per heavy atom. The lowest BCUT2D eigenvalue weighted by Gasteiger charge is -2.27. The molecule has 104 valence electrons. The summed E-state index contributed by atoms with van der Waals surface area (Å²) in [5.74, 6) is 0. The highest BCUT2D eigenvalue weighted by molar-refractivity contribution is 7.40. The van der Waals surface area contributed by atoms with Gasteiger partial charge in [-0.05, 0) is 28.0 Å². The number of hydrogen-bond acceptors (Lipinski definition) is 0. The topological polar surface area (TPSA) is 0 Å². The van der Waals surface area contributed by atoms with E-state index in [2.05, 4.69) is 79.7 Å². The molecular formula is C19H17ClSi. The van der Waals surface area contributed by atoms with E-state index < -0.39 is 7.38 Å². The van der Waals surface area contributed by atoms with Gasteiger partial charge in [-0.1, -0.05) is 84.9 Å². The van der Waals surface area contributed by atoms with E-state index in [1.807, 2.05) is 12.1 Å². The van der Waals surface area contributed by atoms with Gasteiger partial charge in [-0.3, -0.25) is 0 Å². The van der Waals surface area contributed by atoms with Crippen LogP contribution in [-0.2, 0) is 0 Å². The minimum Gasteiger partial charge on any atom is -0.149 e. The van der Waals surface area contributed by atoms with Crippen LogP contribution in [0, 0.1) is 6.92 Å². The van der Waals surface area contributed by atoms with Gasteiger partial charge >= 0.3 is 0 Å². The highest BCUT2D eigenvalue weighted by atomic mass is 35.6. The highest BCUT2D eigenvalue weighted by Crippen LogP contribution is 2.13. The van der Waals surface area contributed by atoms with Crippen molar-refractivity contribution in [2.24, 2.45) is 0 Å². The van der Waals surface area contributed by atoms with Gasteiger partial charge in [0.15, 0.2) is 0 Å². The molecule has 21 heavy (non-hydrogen) atoms. The molecule has 0 aliphatic rings. The second-order valence-corrected chi connectivity index (χ2v) is 9.92. The van der Waals surface area contributed by atoms with E-state index >= 15 is 0 Å². The summed E-state index contributed by atoms with van der Waals surface area (Å²) in [7, 11) is -2.45. The molecule has 0 saturated carbocycles. The monoisotopic (exact) mass is 308 g/mol. The predicted molar refractivity (Wildman–Crippen MR) is 94.6 cm³/mol. The van der Waals surface area contributed by atoms with Gasteiger partial charge in [0.1, 0.15) is 0 Å². The molecule has 2 heteroatoms. The first kappa shape index (κ1) is 14.1. The highest BCUT2D eigenvalue weighted by Gasteiger charge is 2.38. The number of rotatable bonds is 3. The molecule has 0 nitrogen and oxygen atoms in total. The van der Waals surface area contributed by atoms with Crippen LogP contribution in [0.3, 0.4) is 0 Å². The normalized spacial score (nSPS) is 11.3. The number of hydrogen-bond donors (Lipinski definition) is 0. The zero-order valence-corrected chi connectivity index (χ0v) is 13.7. The molecule has 0 heterocycles. The molecule has 3 aromatic carbocycles. The lowest BCUT2D eigenvalue weighted by molar-refractivity contribution is 1.51. The standard InChI is InChI=1S/C19H17ClSi/c1-16-10-8-9-15-19(16)21(20,17-11-4-2-5-12-17)18-13-6-3-7-14-18/h2-15H,1H3. The zero-order valence-electron chi connectivity index (χ0n) is 12.0. The average Bonchev–Trinajstić information content (AvgIpc) is 2.56. The average molecular weight is 309 g/mol. The Bertz CT molecular complexity index is 683. The first-order chi connectivity index (χ1) is 10.2. The lowest BCUT2D eigenvalue weighted by Crippen LogP contribution is -2.63. The second-order valence-electron chi connectivity index (χ2n) is 5.21. The third-order valence-electron chi connectivity index (χ3n) is 3.86. The number of benzene rings is 3. The molecule has 0 atom stereocenters. The molecule has 0 unspecified atom stereocenters. The van der Waals surface area contributed by atoms with E-state index in [1.54, 1.807) is 0 Å². The Morgan fingerprint density at radius 2 is 1.05 bits per heavy atom. The Morgan fingerprint density at radius 1 is 0.619 bits per heavy atom.